The number of esters is 3. The number of ether oxygens (including phenoxy) is 3. The van der Waals surface area contributed by atoms with Gasteiger partial charge in [0.05, 0.1) is 0 Å². The van der Waals surface area contributed by atoms with Gasteiger partial charge < -0.3 is 14.2 Å². The van der Waals surface area contributed by atoms with Crippen LogP contribution in [0.5, 0.6) is 0 Å². The summed E-state index contributed by atoms with van der Waals surface area (Å²) in [6.45, 7) is 6.47. The maximum Gasteiger partial charge on any atom is 0.306 e. The Labute approximate surface area is 444 Å². The Morgan fingerprint density at radius 1 is 0.292 bits per heavy atom. The Morgan fingerprint density at radius 2 is 0.556 bits per heavy atom. The van der Waals surface area contributed by atoms with Crippen LogP contribution >= 0.6 is 0 Å². The Morgan fingerprint density at radius 3 is 0.903 bits per heavy atom. The molecule has 1 atom stereocenters. The highest BCUT2D eigenvalue weighted by Crippen LogP contribution is 2.15. The number of allylic oxidation sites excluding steroid dienone is 18. The first-order valence-corrected chi connectivity index (χ1v) is 29.9. The van der Waals surface area contributed by atoms with Crippen LogP contribution in [0, 0.1) is 0 Å². The molecule has 0 aromatic heterocycles. The van der Waals surface area contributed by atoms with Gasteiger partial charge >= 0.3 is 17.9 Å². The molecule has 0 saturated carbocycles. The van der Waals surface area contributed by atoms with E-state index in [0.29, 0.717) is 19.3 Å². The fourth-order valence-electron chi connectivity index (χ4n) is 8.03. The molecule has 6 nitrogen and oxygen atoms in total. The van der Waals surface area contributed by atoms with E-state index in [1.807, 2.05) is 0 Å². The molecule has 0 aromatic carbocycles. The minimum atomic E-state index is -0.786. The second-order valence-electron chi connectivity index (χ2n) is 19.5. The lowest BCUT2D eigenvalue weighted by atomic mass is 10.0. The van der Waals surface area contributed by atoms with Gasteiger partial charge in [0.2, 0.25) is 0 Å². The quantitative estimate of drug-likeness (QED) is 0.0261. The van der Waals surface area contributed by atoms with Crippen LogP contribution < -0.4 is 0 Å². The van der Waals surface area contributed by atoms with E-state index in [2.05, 4.69) is 130 Å². The van der Waals surface area contributed by atoms with Crippen LogP contribution in [0.25, 0.3) is 0 Å². The predicted molar refractivity (Wildman–Crippen MR) is 311 cm³/mol. The van der Waals surface area contributed by atoms with E-state index >= 15 is 0 Å². The smallest absolute Gasteiger partial charge is 0.306 e. The minimum absolute atomic E-state index is 0.0857. The highest BCUT2D eigenvalue weighted by molar-refractivity contribution is 5.71. The second kappa shape index (κ2) is 59.6. The maximum atomic E-state index is 12.8. The van der Waals surface area contributed by atoms with Crippen LogP contribution in [0.1, 0.15) is 271 Å². The van der Waals surface area contributed by atoms with Crippen molar-refractivity contribution in [2.24, 2.45) is 0 Å². The first-order valence-electron chi connectivity index (χ1n) is 29.9. The minimum Gasteiger partial charge on any atom is -0.462 e. The van der Waals surface area contributed by atoms with Gasteiger partial charge in [-0.3, -0.25) is 14.4 Å². The standard InChI is InChI=1S/C66H110O6/c1-4-7-10-13-16-19-22-24-25-26-27-28-29-30-31-32-33-34-35-36-37-38-39-40-41-42-45-47-50-53-56-59-65(68)71-62-63(61-70-64(67)58-55-52-49-46-43-21-18-15-12-9-6-3)72-66(69)60-57-54-51-48-44-23-20-17-14-11-8-5-2/h7,10,15-16,18-19,24-25,27-28,30-31,33-34,36-37,39-40,63H,4-6,8-9,11-14,17,20-23,26,29,32,35,38,41-62H2,1-3H3/b10-7-,18-15-,19-16-,25-24-,28-27-,31-30-,34-33-,37-36-,40-39-. The van der Waals surface area contributed by atoms with Crippen LogP contribution in [0.2, 0.25) is 0 Å². The van der Waals surface area contributed by atoms with E-state index < -0.39 is 6.10 Å². The summed E-state index contributed by atoms with van der Waals surface area (Å²) < 4.78 is 16.8. The van der Waals surface area contributed by atoms with Crippen LogP contribution in [0.15, 0.2) is 109 Å². The molecule has 0 N–H and O–H groups in total. The molecule has 0 bridgehead atoms. The topological polar surface area (TPSA) is 78.9 Å². The summed E-state index contributed by atoms with van der Waals surface area (Å²) in [6, 6.07) is 0. The van der Waals surface area contributed by atoms with E-state index in [-0.39, 0.29) is 31.1 Å². The number of carbonyl (C=O) groups is 3. The molecule has 6 heteroatoms. The van der Waals surface area contributed by atoms with E-state index in [1.54, 1.807) is 0 Å². The zero-order valence-corrected chi connectivity index (χ0v) is 46.9. The third kappa shape index (κ3) is 57.0. The summed E-state index contributed by atoms with van der Waals surface area (Å²) in [5, 5.41) is 0. The lowest BCUT2D eigenvalue weighted by Gasteiger charge is -2.18. The average molecular weight is 1000 g/mol. The van der Waals surface area contributed by atoms with Crippen molar-refractivity contribution in [3.05, 3.63) is 109 Å². The number of carbonyl (C=O) groups excluding carboxylic acids is 3. The molecule has 72 heavy (non-hydrogen) atoms. The largest absolute Gasteiger partial charge is 0.462 e. The molecule has 0 fully saturated rings. The SMILES string of the molecule is CC/C=C\C/C=C\C/C=C\C/C=C\C/C=C\C/C=C\C/C=C\C/C=C\CCCCCCCCC(=O)OCC(COC(=O)CCCCCCC/C=C\CCCC)OC(=O)CCCCCCCCCCCCCC. The van der Waals surface area contributed by atoms with E-state index in [1.165, 1.54) is 103 Å². The molecule has 0 aromatic rings. The average Bonchev–Trinajstić information content (AvgIpc) is 3.38. The third-order valence-corrected chi connectivity index (χ3v) is 12.5. The number of unbranched alkanes of at least 4 members (excludes halogenated alkanes) is 24. The summed E-state index contributed by atoms with van der Waals surface area (Å²) in [6.07, 6.45) is 80.9. The lowest BCUT2D eigenvalue weighted by Crippen LogP contribution is -2.30. The summed E-state index contributed by atoms with van der Waals surface area (Å²) >= 11 is 0. The summed E-state index contributed by atoms with van der Waals surface area (Å²) in [5.41, 5.74) is 0. The fraction of sp³-hybridized carbons (Fsp3) is 0.682. The van der Waals surface area contributed by atoms with Crippen LogP contribution in [0.4, 0.5) is 0 Å². The van der Waals surface area contributed by atoms with Crippen molar-refractivity contribution in [3.8, 4) is 0 Å². The second-order valence-corrected chi connectivity index (χ2v) is 19.5. The Balaban J connectivity index is 4.24. The van der Waals surface area contributed by atoms with Crippen LogP contribution in [-0.2, 0) is 28.6 Å². The highest BCUT2D eigenvalue weighted by atomic mass is 16.6. The van der Waals surface area contributed by atoms with Gasteiger partial charge in [-0.25, -0.2) is 0 Å². The molecule has 0 aliphatic heterocycles. The van der Waals surface area contributed by atoms with Crippen LogP contribution in [-0.4, -0.2) is 37.2 Å². The molecule has 0 heterocycles. The van der Waals surface area contributed by atoms with Gasteiger partial charge in [-0.05, 0) is 103 Å². The Bertz CT molecular complexity index is 1470. The zero-order valence-electron chi connectivity index (χ0n) is 46.9. The van der Waals surface area contributed by atoms with Gasteiger partial charge in [-0.1, -0.05) is 259 Å². The van der Waals surface area contributed by atoms with Crippen molar-refractivity contribution >= 4 is 17.9 Å². The molecule has 0 aliphatic rings. The molecule has 0 aliphatic carbocycles. The summed E-state index contributed by atoms with van der Waals surface area (Å²) in [5.74, 6) is -0.908. The van der Waals surface area contributed by atoms with Gasteiger partial charge in [0.25, 0.3) is 0 Å². The maximum absolute atomic E-state index is 12.8. The third-order valence-electron chi connectivity index (χ3n) is 12.5. The van der Waals surface area contributed by atoms with Gasteiger partial charge in [0, 0.05) is 19.3 Å². The monoisotopic (exact) mass is 999 g/mol. The Kier molecular flexibility index (Phi) is 56.4. The van der Waals surface area contributed by atoms with Crippen molar-refractivity contribution in [2.45, 2.75) is 277 Å². The van der Waals surface area contributed by atoms with Gasteiger partial charge in [0.15, 0.2) is 6.10 Å². The molecule has 0 rings (SSSR count). The van der Waals surface area contributed by atoms with Crippen molar-refractivity contribution in [3.63, 3.8) is 0 Å². The molecule has 410 valence electrons. The number of hydrogen-bond donors (Lipinski definition) is 0. The summed E-state index contributed by atoms with van der Waals surface area (Å²) in [7, 11) is 0. The molecule has 0 radical (unpaired) electrons. The van der Waals surface area contributed by atoms with Gasteiger partial charge in [-0.2, -0.15) is 0 Å². The molecular weight excluding hydrogens is 889 g/mol. The van der Waals surface area contributed by atoms with Gasteiger partial charge in [0.1, 0.15) is 13.2 Å². The van der Waals surface area contributed by atoms with E-state index in [0.717, 1.165) is 128 Å². The van der Waals surface area contributed by atoms with Crippen LogP contribution in [0.3, 0.4) is 0 Å². The molecule has 0 spiro atoms. The fourth-order valence-corrected chi connectivity index (χ4v) is 8.03. The predicted octanol–water partition coefficient (Wildman–Crippen LogP) is 20.3. The molecule has 0 amide bonds. The van der Waals surface area contributed by atoms with Gasteiger partial charge in [-0.15, -0.1) is 0 Å². The number of hydrogen-bond acceptors (Lipinski definition) is 6. The molecular formula is C66H110O6. The van der Waals surface area contributed by atoms with E-state index in [4.69, 9.17) is 14.2 Å². The van der Waals surface area contributed by atoms with Crippen molar-refractivity contribution < 1.29 is 28.6 Å². The first-order chi connectivity index (χ1) is 35.5. The lowest BCUT2D eigenvalue weighted by molar-refractivity contribution is -0.167. The van der Waals surface area contributed by atoms with Crippen molar-refractivity contribution in [2.75, 3.05) is 13.2 Å². The Hall–Kier alpha value is -3.93. The first kappa shape index (κ1) is 68.1. The zero-order chi connectivity index (χ0) is 52.2. The van der Waals surface area contributed by atoms with Crippen molar-refractivity contribution in [1.29, 1.82) is 0 Å². The molecule has 1 unspecified atom stereocenters. The van der Waals surface area contributed by atoms with Crippen molar-refractivity contribution in [1.82, 2.24) is 0 Å². The normalized spacial score (nSPS) is 12.9. The highest BCUT2D eigenvalue weighted by Gasteiger charge is 2.19. The van der Waals surface area contributed by atoms with E-state index in [9.17, 15) is 14.4 Å². The summed E-state index contributed by atoms with van der Waals surface area (Å²) in [4.78, 5) is 38.1. The molecule has 0 saturated heterocycles. The number of rotatable bonds is 53.